The van der Waals surface area contributed by atoms with Crippen molar-refractivity contribution < 1.29 is 27.5 Å². The first-order valence-corrected chi connectivity index (χ1v) is 11.2. The van der Waals surface area contributed by atoms with Gasteiger partial charge in [0.15, 0.2) is 6.61 Å². The molecule has 9 nitrogen and oxygen atoms in total. The molecule has 1 aromatic carbocycles. The molecule has 0 bridgehead atoms. The summed E-state index contributed by atoms with van der Waals surface area (Å²) in [7, 11) is -3.79. The molecule has 1 atom stereocenters. The fraction of sp³-hybridized carbons (Fsp3) is 0.579. The fourth-order valence-electron chi connectivity index (χ4n) is 4.04. The number of anilines is 1. The molecule has 3 heterocycles. The van der Waals surface area contributed by atoms with Crippen molar-refractivity contribution >= 4 is 27.5 Å². The van der Waals surface area contributed by atoms with E-state index >= 15 is 0 Å². The van der Waals surface area contributed by atoms with Crippen LogP contribution in [0.2, 0.25) is 0 Å². The summed E-state index contributed by atoms with van der Waals surface area (Å²) >= 11 is 0. The van der Waals surface area contributed by atoms with E-state index in [0.29, 0.717) is 62.7 Å². The predicted octanol–water partition coefficient (Wildman–Crippen LogP) is 0.585. The number of piperidine rings is 1. The Morgan fingerprint density at radius 2 is 1.97 bits per heavy atom. The molecule has 0 saturated carbocycles. The Morgan fingerprint density at radius 3 is 2.72 bits per heavy atom. The van der Waals surface area contributed by atoms with Crippen molar-refractivity contribution in [2.75, 3.05) is 51.3 Å². The van der Waals surface area contributed by atoms with Gasteiger partial charge in [0.2, 0.25) is 15.9 Å². The number of aryl methyl sites for hydroxylation is 1. The standard InChI is InChI=1S/C19H25N3O6S/c1-13-9-15-16(28-12-18(23)20-15)10-17(13)29(25,26)22-4-2-3-14(11-22)19(24)21-5-7-27-8-6-21/h9-10,14H,2-8,11-12H2,1H3,(H,20,23)/t14-/m0/s1. The van der Waals surface area contributed by atoms with Gasteiger partial charge in [-0.05, 0) is 31.4 Å². The van der Waals surface area contributed by atoms with Crippen LogP contribution in [0.25, 0.3) is 0 Å². The first-order chi connectivity index (χ1) is 13.9. The van der Waals surface area contributed by atoms with Crippen molar-refractivity contribution in [3.63, 3.8) is 0 Å². The second-order valence-corrected chi connectivity index (χ2v) is 9.50. The normalized spacial score (nSPS) is 23.1. The van der Waals surface area contributed by atoms with E-state index in [-0.39, 0.29) is 35.8 Å². The number of rotatable bonds is 3. The third kappa shape index (κ3) is 3.96. The number of carbonyl (C=O) groups is 2. The second kappa shape index (κ2) is 7.92. The zero-order valence-corrected chi connectivity index (χ0v) is 17.2. The van der Waals surface area contributed by atoms with E-state index in [1.807, 2.05) is 0 Å². The first kappa shape index (κ1) is 20.1. The molecule has 1 aromatic rings. The predicted molar refractivity (Wildman–Crippen MR) is 104 cm³/mol. The topological polar surface area (TPSA) is 105 Å². The van der Waals surface area contributed by atoms with Gasteiger partial charge in [-0.15, -0.1) is 0 Å². The molecule has 0 spiro atoms. The van der Waals surface area contributed by atoms with Crippen LogP contribution in [-0.4, -0.2) is 75.4 Å². The number of carbonyl (C=O) groups excluding carboxylic acids is 2. The highest BCUT2D eigenvalue weighted by molar-refractivity contribution is 7.89. The number of nitrogens with one attached hydrogen (secondary N) is 1. The summed E-state index contributed by atoms with van der Waals surface area (Å²) in [5, 5.41) is 2.68. The average molecular weight is 423 g/mol. The van der Waals surface area contributed by atoms with Crippen molar-refractivity contribution in [3.8, 4) is 5.75 Å². The van der Waals surface area contributed by atoms with Crippen molar-refractivity contribution in [3.05, 3.63) is 17.7 Å². The fourth-order valence-corrected chi connectivity index (χ4v) is 5.78. The molecule has 29 heavy (non-hydrogen) atoms. The monoisotopic (exact) mass is 423 g/mol. The molecule has 0 aliphatic carbocycles. The molecule has 2 amide bonds. The minimum absolute atomic E-state index is 0.00130. The molecule has 0 unspecified atom stereocenters. The van der Waals surface area contributed by atoms with Gasteiger partial charge >= 0.3 is 0 Å². The minimum Gasteiger partial charge on any atom is -0.482 e. The number of benzene rings is 1. The van der Waals surface area contributed by atoms with Gasteiger partial charge in [0.05, 0.1) is 29.7 Å². The van der Waals surface area contributed by atoms with E-state index in [1.165, 1.54) is 10.4 Å². The van der Waals surface area contributed by atoms with E-state index in [9.17, 15) is 18.0 Å². The highest BCUT2D eigenvalue weighted by Gasteiger charge is 2.36. The van der Waals surface area contributed by atoms with Gasteiger partial charge in [-0.1, -0.05) is 0 Å². The van der Waals surface area contributed by atoms with Gasteiger partial charge in [-0.3, -0.25) is 9.59 Å². The highest BCUT2D eigenvalue weighted by atomic mass is 32.2. The molecule has 1 N–H and O–H groups in total. The Morgan fingerprint density at radius 1 is 1.21 bits per heavy atom. The van der Waals surface area contributed by atoms with Crippen molar-refractivity contribution in [1.29, 1.82) is 0 Å². The SMILES string of the molecule is Cc1cc2c(cc1S(=O)(=O)N1CCC[C@H](C(=O)N3CCOCC3)C1)OCC(=O)N2. The number of hydrogen-bond acceptors (Lipinski definition) is 6. The van der Waals surface area contributed by atoms with E-state index in [2.05, 4.69) is 5.32 Å². The van der Waals surface area contributed by atoms with Crippen LogP contribution < -0.4 is 10.1 Å². The zero-order chi connectivity index (χ0) is 20.6. The summed E-state index contributed by atoms with van der Waals surface area (Å²) in [5.74, 6) is -0.272. The summed E-state index contributed by atoms with van der Waals surface area (Å²) in [6, 6.07) is 3.08. The molecule has 3 aliphatic rings. The summed E-state index contributed by atoms with van der Waals surface area (Å²) in [5.41, 5.74) is 0.993. The molecular formula is C19H25N3O6S. The molecular weight excluding hydrogens is 398 g/mol. The number of sulfonamides is 1. The van der Waals surface area contributed by atoms with Crippen LogP contribution in [0.1, 0.15) is 18.4 Å². The molecule has 0 radical (unpaired) electrons. The summed E-state index contributed by atoms with van der Waals surface area (Å²) in [6.07, 6.45) is 1.32. The maximum Gasteiger partial charge on any atom is 0.262 e. The van der Waals surface area contributed by atoms with E-state index in [0.717, 1.165) is 0 Å². The van der Waals surface area contributed by atoms with Crippen LogP contribution in [-0.2, 0) is 24.3 Å². The lowest BCUT2D eigenvalue weighted by atomic mass is 9.98. The third-order valence-electron chi connectivity index (χ3n) is 5.58. The highest BCUT2D eigenvalue weighted by Crippen LogP contribution is 2.35. The van der Waals surface area contributed by atoms with Crippen LogP contribution in [0.5, 0.6) is 5.75 Å². The quantitative estimate of drug-likeness (QED) is 0.763. The lowest BCUT2D eigenvalue weighted by Crippen LogP contribution is -2.49. The third-order valence-corrected chi connectivity index (χ3v) is 7.59. The second-order valence-electron chi connectivity index (χ2n) is 7.59. The van der Waals surface area contributed by atoms with Gasteiger partial charge in [0, 0.05) is 32.2 Å². The summed E-state index contributed by atoms with van der Waals surface area (Å²) in [4.78, 5) is 26.2. The Balaban J connectivity index is 1.55. The van der Waals surface area contributed by atoms with Crippen molar-refractivity contribution in [2.24, 2.45) is 5.92 Å². The first-order valence-electron chi connectivity index (χ1n) is 9.80. The average Bonchev–Trinajstić information content (AvgIpc) is 2.73. The smallest absolute Gasteiger partial charge is 0.262 e. The Kier molecular flexibility index (Phi) is 5.50. The summed E-state index contributed by atoms with van der Waals surface area (Å²) < 4.78 is 38.8. The van der Waals surface area contributed by atoms with Crippen LogP contribution in [0.3, 0.4) is 0 Å². The van der Waals surface area contributed by atoms with E-state index in [1.54, 1.807) is 17.9 Å². The van der Waals surface area contributed by atoms with Crippen molar-refractivity contribution in [1.82, 2.24) is 9.21 Å². The van der Waals surface area contributed by atoms with Crippen LogP contribution in [0, 0.1) is 12.8 Å². The molecule has 10 heteroatoms. The van der Waals surface area contributed by atoms with E-state index < -0.39 is 10.0 Å². The maximum absolute atomic E-state index is 13.3. The van der Waals surface area contributed by atoms with Gasteiger partial charge < -0.3 is 19.7 Å². The number of nitrogens with zero attached hydrogens (tertiary/aromatic N) is 2. The van der Waals surface area contributed by atoms with Crippen molar-refractivity contribution in [2.45, 2.75) is 24.7 Å². The number of amides is 2. The van der Waals surface area contributed by atoms with E-state index in [4.69, 9.17) is 9.47 Å². The van der Waals surface area contributed by atoms with Crippen LogP contribution >= 0.6 is 0 Å². The molecule has 2 fully saturated rings. The zero-order valence-electron chi connectivity index (χ0n) is 16.3. The lowest BCUT2D eigenvalue weighted by molar-refractivity contribution is -0.140. The Labute approximate surface area is 170 Å². The Hall–Kier alpha value is -2.17. The lowest BCUT2D eigenvalue weighted by Gasteiger charge is -2.36. The number of hydrogen-bond donors (Lipinski definition) is 1. The van der Waals surface area contributed by atoms with Crippen LogP contribution in [0.4, 0.5) is 5.69 Å². The molecule has 2 saturated heterocycles. The van der Waals surface area contributed by atoms with Gasteiger partial charge in [-0.2, -0.15) is 4.31 Å². The Bertz CT molecular complexity index is 926. The number of fused-ring (bicyclic) bond motifs is 1. The van der Waals surface area contributed by atoms with Gasteiger partial charge in [0.1, 0.15) is 5.75 Å². The molecule has 3 aliphatic heterocycles. The summed E-state index contributed by atoms with van der Waals surface area (Å²) in [6.45, 7) is 4.24. The van der Waals surface area contributed by atoms with Crippen LogP contribution in [0.15, 0.2) is 17.0 Å². The van der Waals surface area contributed by atoms with Gasteiger partial charge in [-0.25, -0.2) is 8.42 Å². The maximum atomic E-state index is 13.3. The molecule has 158 valence electrons. The molecule has 0 aromatic heterocycles. The minimum atomic E-state index is -3.79. The molecule has 4 rings (SSSR count). The number of morpholine rings is 1. The largest absolute Gasteiger partial charge is 0.482 e. The van der Waals surface area contributed by atoms with Gasteiger partial charge in [0.25, 0.3) is 5.91 Å². The number of ether oxygens (including phenoxy) is 2.